The predicted molar refractivity (Wildman–Crippen MR) is 321 cm³/mol. The van der Waals surface area contributed by atoms with Crippen LogP contribution in [0.15, 0.2) is 85.1 Å². The maximum absolute atomic E-state index is 12.9. The smallest absolute Gasteiger partial charge is 0.306 e. The summed E-state index contributed by atoms with van der Waals surface area (Å²) in [5, 5.41) is 0. The number of unbranched alkanes of at least 4 members (excludes halogenated alkanes) is 32. The number of carbonyl (C=O) groups excluding carboxylic acids is 3. The fourth-order valence-electron chi connectivity index (χ4n) is 8.95. The third kappa shape index (κ3) is 59.5. The molecule has 0 aliphatic rings. The lowest BCUT2D eigenvalue weighted by molar-refractivity contribution is -0.167. The molecule has 0 aromatic rings. The van der Waals surface area contributed by atoms with E-state index in [1.807, 2.05) is 0 Å². The summed E-state index contributed by atoms with van der Waals surface area (Å²) in [5.41, 5.74) is 0. The highest BCUT2D eigenvalue weighted by molar-refractivity contribution is 5.71. The van der Waals surface area contributed by atoms with Crippen LogP contribution < -0.4 is 0 Å². The van der Waals surface area contributed by atoms with Gasteiger partial charge < -0.3 is 14.2 Å². The highest BCUT2D eigenvalue weighted by Gasteiger charge is 2.19. The monoisotopic (exact) mass is 1030 g/mol. The van der Waals surface area contributed by atoms with Crippen molar-refractivity contribution in [2.75, 3.05) is 13.2 Å². The van der Waals surface area contributed by atoms with Gasteiger partial charge in [-0.1, -0.05) is 298 Å². The summed E-state index contributed by atoms with van der Waals surface area (Å²) >= 11 is 0. The molecule has 0 aromatic heterocycles. The molecule has 6 heteroatoms. The Labute approximate surface area is 458 Å². The third-order valence-corrected chi connectivity index (χ3v) is 13.7. The number of ether oxygens (including phenoxy) is 3. The fourth-order valence-corrected chi connectivity index (χ4v) is 8.95. The van der Waals surface area contributed by atoms with Gasteiger partial charge in [0, 0.05) is 19.3 Å². The highest BCUT2D eigenvalue weighted by atomic mass is 16.6. The minimum atomic E-state index is -0.782. The summed E-state index contributed by atoms with van der Waals surface area (Å²) in [6.07, 6.45) is 81.5. The van der Waals surface area contributed by atoms with Crippen molar-refractivity contribution in [3.05, 3.63) is 85.1 Å². The van der Waals surface area contributed by atoms with Crippen molar-refractivity contribution < 1.29 is 28.6 Å². The number of hydrogen-bond donors (Lipinski definition) is 0. The molecule has 0 saturated heterocycles. The van der Waals surface area contributed by atoms with Crippen molar-refractivity contribution in [1.29, 1.82) is 0 Å². The van der Waals surface area contributed by atoms with Gasteiger partial charge in [-0.3, -0.25) is 14.4 Å². The molecule has 0 amide bonds. The van der Waals surface area contributed by atoms with Gasteiger partial charge in [0.15, 0.2) is 6.10 Å². The molecule has 0 radical (unpaired) electrons. The molecule has 74 heavy (non-hydrogen) atoms. The summed E-state index contributed by atoms with van der Waals surface area (Å²) in [4.78, 5) is 38.3. The molecule has 1 atom stereocenters. The van der Waals surface area contributed by atoms with Gasteiger partial charge in [0.25, 0.3) is 0 Å². The van der Waals surface area contributed by atoms with Crippen molar-refractivity contribution in [3.63, 3.8) is 0 Å². The van der Waals surface area contributed by atoms with Gasteiger partial charge in [0.1, 0.15) is 13.2 Å². The number of esters is 3. The van der Waals surface area contributed by atoms with Crippen LogP contribution >= 0.6 is 0 Å². The quantitative estimate of drug-likeness (QED) is 0.0261. The zero-order chi connectivity index (χ0) is 53.6. The van der Waals surface area contributed by atoms with Crippen LogP contribution in [-0.2, 0) is 28.6 Å². The van der Waals surface area contributed by atoms with Gasteiger partial charge >= 0.3 is 17.9 Å². The van der Waals surface area contributed by atoms with Crippen LogP contribution in [0.4, 0.5) is 0 Å². The van der Waals surface area contributed by atoms with Crippen molar-refractivity contribution in [2.45, 2.75) is 316 Å². The van der Waals surface area contributed by atoms with E-state index in [0.29, 0.717) is 19.3 Å². The second-order valence-corrected chi connectivity index (χ2v) is 21.0. The van der Waals surface area contributed by atoms with E-state index in [0.717, 1.165) is 122 Å². The van der Waals surface area contributed by atoms with E-state index in [1.165, 1.54) is 148 Å². The summed E-state index contributed by atoms with van der Waals surface area (Å²) < 4.78 is 16.9. The first kappa shape index (κ1) is 70.6. The highest BCUT2D eigenvalue weighted by Crippen LogP contribution is 2.17. The zero-order valence-corrected chi connectivity index (χ0v) is 48.8. The Balaban J connectivity index is 4.34. The van der Waals surface area contributed by atoms with Crippen LogP contribution in [-0.4, -0.2) is 37.2 Å². The third-order valence-electron chi connectivity index (χ3n) is 13.7. The van der Waals surface area contributed by atoms with E-state index in [1.54, 1.807) is 0 Å². The molecule has 0 bridgehead atoms. The molecule has 0 saturated carbocycles. The summed E-state index contributed by atoms with van der Waals surface area (Å²) in [5.74, 6) is -0.883. The fraction of sp³-hybridized carbons (Fsp3) is 0.750. The van der Waals surface area contributed by atoms with Gasteiger partial charge in [0.2, 0.25) is 0 Å². The molecule has 0 rings (SSSR count). The average molecular weight is 1030 g/mol. The lowest BCUT2D eigenvalue weighted by Crippen LogP contribution is -2.30. The minimum absolute atomic E-state index is 0.0782. The number of rotatable bonds is 57. The molecule has 1 unspecified atom stereocenters. The Morgan fingerprint density at radius 2 is 0.527 bits per heavy atom. The maximum Gasteiger partial charge on any atom is 0.306 e. The normalized spacial score (nSPS) is 12.6. The van der Waals surface area contributed by atoms with Gasteiger partial charge in [-0.15, -0.1) is 0 Å². The zero-order valence-electron chi connectivity index (χ0n) is 48.8. The molecule has 0 aliphatic heterocycles. The van der Waals surface area contributed by atoms with Gasteiger partial charge in [-0.25, -0.2) is 0 Å². The van der Waals surface area contributed by atoms with Crippen LogP contribution in [0, 0.1) is 0 Å². The predicted octanol–water partition coefficient (Wildman–Crippen LogP) is 21.5. The van der Waals surface area contributed by atoms with Crippen molar-refractivity contribution in [3.8, 4) is 0 Å². The van der Waals surface area contributed by atoms with Crippen LogP contribution in [0.2, 0.25) is 0 Å². The molecular weight excluding hydrogens is 913 g/mol. The Bertz CT molecular complexity index is 1420. The molecule has 0 heterocycles. The summed E-state index contributed by atoms with van der Waals surface area (Å²) in [6, 6.07) is 0. The lowest BCUT2D eigenvalue weighted by atomic mass is 10.0. The first-order chi connectivity index (χ1) is 36.5. The van der Waals surface area contributed by atoms with E-state index in [-0.39, 0.29) is 31.1 Å². The number of hydrogen-bond acceptors (Lipinski definition) is 6. The van der Waals surface area contributed by atoms with Gasteiger partial charge in [-0.05, 0) is 77.0 Å². The van der Waals surface area contributed by atoms with Crippen LogP contribution in [0.3, 0.4) is 0 Å². The van der Waals surface area contributed by atoms with Crippen LogP contribution in [0.25, 0.3) is 0 Å². The molecule has 0 N–H and O–H groups in total. The first-order valence-electron chi connectivity index (χ1n) is 31.6. The molecule has 6 nitrogen and oxygen atoms in total. The molecule has 0 aliphatic carbocycles. The van der Waals surface area contributed by atoms with Gasteiger partial charge in [0.05, 0.1) is 0 Å². The van der Waals surface area contributed by atoms with Crippen LogP contribution in [0.5, 0.6) is 0 Å². The lowest BCUT2D eigenvalue weighted by Gasteiger charge is -2.18. The van der Waals surface area contributed by atoms with Crippen molar-refractivity contribution in [1.82, 2.24) is 0 Å². The van der Waals surface area contributed by atoms with Crippen molar-refractivity contribution >= 4 is 17.9 Å². The van der Waals surface area contributed by atoms with E-state index < -0.39 is 6.10 Å². The topological polar surface area (TPSA) is 78.9 Å². The first-order valence-corrected chi connectivity index (χ1v) is 31.6. The number of allylic oxidation sites excluding steroid dienone is 14. The van der Waals surface area contributed by atoms with E-state index in [2.05, 4.69) is 106 Å². The Morgan fingerprint density at radius 3 is 0.824 bits per heavy atom. The van der Waals surface area contributed by atoms with Gasteiger partial charge in [-0.2, -0.15) is 0 Å². The largest absolute Gasteiger partial charge is 0.462 e. The minimum Gasteiger partial charge on any atom is -0.462 e. The number of carbonyl (C=O) groups is 3. The molecule has 0 fully saturated rings. The SMILES string of the molecule is CC/C=C\C/C=C\C/C=C\C/C=C\C/C=C\C/C=C\C/C=C\CCCCCCCC(=O)OCC(COC(=O)CCCCCCCCCCCCCCCC)OC(=O)CCCCCCCCCCCCCCCCC. The second-order valence-electron chi connectivity index (χ2n) is 21.0. The summed E-state index contributed by atoms with van der Waals surface area (Å²) in [6.45, 7) is 6.54. The Hall–Kier alpha value is -3.41. The Morgan fingerprint density at radius 1 is 0.284 bits per heavy atom. The maximum atomic E-state index is 12.9. The second kappa shape index (κ2) is 62.1. The average Bonchev–Trinajstić information content (AvgIpc) is 3.40. The molecule has 0 aromatic carbocycles. The molecule has 426 valence electrons. The van der Waals surface area contributed by atoms with E-state index in [9.17, 15) is 14.4 Å². The summed E-state index contributed by atoms with van der Waals surface area (Å²) in [7, 11) is 0. The standard InChI is InChI=1S/C68H118O6/c1-4-7-10-13-16-19-22-25-28-29-30-31-32-33-34-35-36-37-38-39-41-43-46-49-52-55-58-61-67(70)73-64-65(63-72-66(69)60-57-54-51-48-45-42-27-24-21-18-15-12-9-6-3)74-68(71)62-59-56-53-50-47-44-40-26-23-20-17-14-11-8-5-2/h7,10,16,19,25,28,30-31,33-34,36-37,39,41,65H,4-6,8-9,11-15,17-18,20-24,26-27,29,32,35,38,40,42-64H2,1-3H3/b10-7-,19-16-,28-25-,31-30-,34-33-,37-36-,41-39-. The van der Waals surface area contributed by atoms with E-state index in [4.69, 9.17) is 14.2 Å². The van der Waals surface area contributed by atoms with Crippen molar-refractivity contribution in [2.24, 2.45) is 0 Å². The molecular formula is C68H118O6. The molecule has 0 spiro atoms. The van der Waals surface area contributed by atoms with E-state index >= 15 is 0 Å². The Kier molecular flexibility index (Phi) is 59.3. The van der Waals surface area contributed by atoms with Crippen LogP contribution in [0.1, 0.15) is 310 Å².